The second-order valence-electron chi connectivity index (χ2n) is 4.65. The van der Waals surface area contributed by atoms with Crippen LogP contribution in [0.4, 0.5) is 0 Å². The van der Waals surface area contributed by atoms with Gasteiger partial charge in [0.15, 0.2) is 0 Å². The molecule has 0 aliphatic carbocycles. The largest absolute Gasteiger partial charge is 0.282 e. The molecule has 2 nitrogen and oxygen atoms in total. The molecule has 0 fully saturated rings. The highest BCUT2D eigenvalue weighted by Gasteiger charge is 2.26. The van der Waals surface area contributed by atoms with Gasteiger partial charge in [0.2, 0.25) is 6.67 Å². The van der Waals surface area contributed by atoms with Crippen LogP contribution in [-0.2, 0) is 0 Å². The van der Waals surface area contributed by atoms with Gasteiger partial charge in [-0.15, -0.1) is 0 Å². The first-order chi connectivity index (χ1) is 5.39. The molecular formula is C10H26N2+2. The number of hydrogen-bond donors (Lipinski definition) is 0. The average Bonchev–Trinajstić information content (AvgIpc) is 2.04. The van der Waals surface area contributed by atoms with Crippen molar-refractivity contribution in [3.05, 3.63) is 0 Å². The summed E-state index contributed by atoms with van der Waals surface area (Å²) < 4.78 is 2.30. The van der Waals surface area contributed by atoms with Crippen LogP contribution in [0.15, 0.2) is 0 Å². The van der Waals surface area contributed by atoms with Gasteiger partial charge in [-0.3, -0.25) is 8.97 Å². The van der Waals surface area contributed by atoms with Gasteiger partial charge in [-0.25, -0.2) is 0 Å². The molecule has 2 heteroatoms. The van der Waals surface area contributed by atoms with E-state index in [1.165, 1.54) is 30.8 Å². The standard InChI is InChI=1S/C10H26N2/c1-7-11(4,5)10-12(6,8-2)9-3/h7-10H2,1-6H3/q+2. The van der Waals surface area contributed by atoms with Gasteiger partial charge in [-0.1, -0.05) is 0 Å². The predicted octanol–water partition coefficient (Wildman–Crippen LogP) is 1.53. The lowest BCUT2D eigenvalue weighted by Crippen LogP contribution is -2.57. The Morgan fingerprint density at radius 2 is 1.17 bits per heavy atom. The fourth-order valence-electron chi connectivity index (χ4n) is 1.45. The van der Waals surface area contributed by atoms with Gasteiger partial charge >= 0.3 is 0 Å². The second kappa shape index (κ2) is 4.24. The summed E-state index contributed by atoms with van der Waals surface area (Å²) in [5, 5.41) is 0. The van der Waals surface area contributed by atoms with E-state index in [9.17, 15) is 0 Å². The molecule has 0 unspecified atom stereocenters. The average molecular weight is 174 g/mol. The van der Waals surface area contributed by atoms with E-state index in [0.29, 0.717) is 0 Å². The van der Waals surface area contributed by atoms with Crippen LogP contribution in [0.3, 0.4) is 0 Å². The van der Waals surface area contributed by atoms with Crippen molar-refractivity contribution in [2.45, 2.75) is 20.8 Å². The molecule has 74 valence electrons. The first kappa shape index (κ1) is 11.9. The van der Waals surface area contributed by atoms with Crippen molar-refractivity contribution in [1.82, 2.24) is 0 Å². The molecule has 0 N–H and O–H groups in total. The van der Waals surface area contributed by atoms with Gasteiger partial charge in [0.1, 0.15) is 0 Å². The highest BCUT2D eigenvalue weighted by Crippen LogP contribution is 2.07. The van der Waals surface area contributed by atoms with Crippen LogP contribution in [0.5, 0.6) is 0 Å². The molecule has 0 aliphatic heterocycles. The lowest BCUT2D eigenvalue weighted by molar-refractivity contribution is -1.08. The smallest absolute Gasteiger partial charge is 0.206 e. The first-order valence-corrected chi connectivity index (χ1v) is 5.04. The molecule has 0 atom stereocenters. The van der Waals surface area contributed by atoms with Crippen LogP contribution in [0.1, 0.15) is 20.8 Å². The lowest BCUT2D eigenvalue weighted by atomic mass is 10.4. The van der Waals surface area contributed by atoms with Crippen molar-refractivity contribution >= 4 is 0 Å². The molecule has 12 heavy (non-hydrogen) atoms. The molecule has 0 amide bonds. The van der Waals surface area contributed by atoms with Gasteiger partial charge in [0.25, 0.3) is 0 Å². The van der Waals surface area contributed by atoms with Crippen molar-refractivity contribution in [1.29, 1.82) is 0 Å². The Labute approximate surface area is 78.0 Å². The highest BCUT2D eigenvalue weighted by atomic mass is 15.5. The molecule has 0 aromatic carbocycles. The molecule has 0 saturated heterocycles. The van der Waals surface area contributed by atoms with Gasteiger partial charge in [-0.2, -0.15) is 0 Å². The molecule has 0 radical (unpaired) electrons. The third kappa shape index (κ3) is 3.55. The molecular weight excluding hydrogens is 148 g/mol. The fraction of sp³-hybridized carbons (Fsp3) is 1.00. The minimum Gasteiger partial charge on any atom is -0.282 e. The normalized spacial score (nSPS) is 13.5. The summed E-state index contributed by atoms with van der Waals surface area (Å²) in [6.45, 7) is 11.7. The fourth-order valence-corrected chi connectivity index (χ4v) is 1.45. The summed E-state index contributed by atoms with van der Waals surface area (Å²) in [6, 6.07) is 0. The Kier molecular flexibility index (Phi) is 4.21. The van der Waals surface area contributed by atoms with E-state index in [1.807, 2.05) is 0 Å². The van der Waals surface area contributed by atoms with Crippen LogP contribution < -0.4 is 0 Å². The number of rotatable bonds is 5. The molecule has 0 saturated carbocycles. The number of nitrogens with zero attached hydrogens (tertiary/aromatic N) is 2. The third-order valence-corrected chi connectivity index (χ3v) is 3.11. The van der Waals surface area contributed by atoms with E-state index >= 15 is 0 Å². The second-order valence-corrected chi connectivity index (χ2v) is 4.65. The molecule has 0 bridgehead atoms. The topological polar surface area (TPSA) is 0 Å². The quantitative estimate of drug-likeness (QED) is 0.438. The monoisotopic (exact) mass is 174 g/mol. The van der Waals surface area contributed by atoms with Gasteiger partial charge in [0.05, 0.1) is 40.8 Å². The third-order valence-electron chi connectivity index (χ3n) is 3.11. The predicted molar refractivity (Wildman–Crippen MR) is 54.8 cm³/mol. The van der Waals surface area contributed by atoms with E-state index in [4.69, 9.17) is 0 Å². The minimum atomic E-state index is 1.12. The van der Waals surface area contributed by atoms with Gasteiger partial charge in [0, 0.05) is 0 Å². The van der Waals surface area contributed by atoms with Gasteiger partial charge in [-0.05, 0) is 20.8 Å². The molecule has 0 spiro atoms. The van der Waals surface area contributed by atoms with Crippen molar-refractivity contribution in [3.8, 4) is 0 Å². The zero-order valence-corrected chi connectivity index (χ0v) is 9.72. The van der Waals surface area contributed by atoms with Crippen molar-refractivity contribution < 1.29 is 8.97 Å². The summed E-state index contributed by atoms with van der Waals surface area (Å²) in [7, 11) is 6.96. The maximum atomic E-state index is 2.34. The van der Waals surface area contributed by atoms with Crippen LogP contribution >= 0.6 is 0 Å². The SMILES string of the molecule is CC[N+](C)(C)C[N+](C)(CC)CC. The van der Waals surface area contributed by atoms with E-state index in [0.717, 1.165) is 4.48 Å². The number of hydrogen-bond acceptors (Lipinski definition) is 0. The Hall–Kier alpha value is -0.0800. The molecule has 0 rings (SSSR count). The molecule has 0 aromatic rings. The summed E-state index contributed by atoms with van der Waals surface area (Å²) in [5.41, 5.74) is 0. The maximum Gasteiger partial charge on any atom is 0.206 e. The van der Waals surface area contributed by atoms with Crippen LogP contribution in [0.2, 0.25) is 0 Å². The Bertz CT molecular complexity index is 126. The van der Waals surface area contributed by atoms with Crippen molar-refractivity contribution in [3.63, 3.8) is 0 Å². The van der Waals surface area contributed by atoms with Crippen LogP contribution in [0, 0.1) is 0 Å². The molecule has 0 aliphatic rings. The zero-order valence-electron chi connectivity index (χ0n) is 9.72. The summed E-state index contributed by atoms with van der Waals surface area (Å²) >= 11 is 0. The summed E-state index contributed by atoms with van der Waals surface area (Å²) in [5.74, 6) is 0. The van der Waals surface area contributed by atoms with Crippen LogP contribution in [-0.4, -0.2) is 56.4 Å². The molecule has 0 heterocycles. The van der Waals surface area contributed by atoms with Crippen molar-refractivity contribution in [2.24, 2.45) is 0 Å². The Morgan fingerprint density at radius 1 is 0.750 bits per heavy atom. The Balaban J connectivity index is 4.20. The minimum absolute atomic E-state index is 1.12. The van der Waals surface area contributed by atoms with E-state index in [-0.39, 0.29) is 0 Å². The van der Waals surface area contributed by atoms with E-state index in [1.54, 1.807) is 0 Å². The first-order valence-electron chi connectivity index (χ1n) is 5.04. The summed E-state index contributed by atoms with van der Waals surface area (Å²) in [4.78, 5) is 0. The molecule has 0 aromatic heterocycles. The van der Waals surface area contributed by atoms with Gasteiger partial charge < -0.3 is 0 Å². The van der Waals surface area contributed by atoms with E-state index in [2.05, 4.69) is 41.9 Å². The summed E-state index contributed by atoms with van der Waals surface area (Å²) in [6.07, 6.45) is 0. The van der Waals surface area contributed by atoms with Crippen molar-refractivity contribution in [2.75, 3.05) is 47.4 Å². The Morgan fingerprint density at radius 3 is 1.42 bits per heavy atom. The highest BCUT2D eigenvalue weighted by molar-refractivity contribution is 4.26. The van der Waals surface area contributed by atoms with E-state index < -0.39 is 0 Å². The zero-order chi connectivity index (χ0) is 9.83. The maximum absolute atomic E-state index is 2.34. The number of quaternary nitrogens is 2. The van der Waals surface area contributed by atoms with Crippen LogP contribution in [0.25, 0.3) is 0 Å². The lowest BCUT2D eigenvalue weighted by Gasteiger charge is -2.39.